The highest BCUT2D eigenvalue weighted by atomic mass is 35.5. The van der Waals surface area contributed by atoms with Crippen LogP contribution in [0.2, 0.25) is 5.02 Å². The topological polar surface area (TPSA) is 71.1 Å². The van der Waals surface area contributed by atoms with Crippen molar-refractivity contribution in [2.45, 2.75) is 30.4 Å². The number of nitrogens with zero attached hydrogens (tertiary/aromatic N) is 1. The summed E-state index contributed by atoms with van der Waals surface area (Å²) >= 11 is 8.85. The zero-order chi connectivity index (χ0) is 28.8. The van der Waals surface area contributed by atoms with Gasteiger partial charge in [-0.15, -0.1) is 23.1 Å². The largest absolute Gasteiger partial charge is 0.326 e. The van der Waals surface area contributed by atoms with Crippen LogP contribution < -0.4 is 10.6 Å². The van der Waals surface area contributed by atoms with Gasteiger partial charge in [-0.3, -0.25) is 9.59 Å². The summed E-state index contributed by atoms with van der Waals surface area (Å²) in [5, 5.41) is 6.70. The van der Waals surface area contributed by atoms with Crippen LogP contribution >= 0.6 is 34.7 Å². The highest BCUT2D eigenvalue weighted by Gasteiger charge is 2.24. The predicted octanol–water partition coefficient (Wildman–Crippen LogP) is 8.73. The third kappa shape index (κ3) is 7.64. The van der Waals surface area contributed by atoms with Crippen molar-refractivity contribution in [3.05, 3.63) is 130 Å². The van der Waals surface area contributed by atoms with Crippen LogP contribution in [-0.2, 0) is 16.0 Å². The Labute approximate surface area is 253 Å². The quantitative estimate of drug-likeness (QED) is 0.167. The Morgan fingerprint density at radius 2 is 1.54 bits per heavy atom. The molecule has 4 aromatic carbocycles. The second-order valence-corrected chi connectivity index (χ2v) is 12.4. The molecule has 0 aliphatic carbocycles. The predicted molar refractivity (Wildman–Crippen MR) is 171 cm³/mol. The first-order valence-electron chi connectivity index (χ1n) is 13.1. The van der Waals surface area contributed by atoms with Crippen LogP contribution in [0, 0.1) is 13.8 Å². The molecule has 5 aromatic rings. The van der Waals surface area contributed by atoms with Crippen LogP contribution in [0.1, 0.15) is 26.8 Å². The van der Waals surface area contributed by atoms with Gasteiger partial charge < -0.3 is 10.6 Å². The first kappa shape index (κ1) is 28.6. The van der Waals surface area contributed by atoms with Crippen LogP contribution in [0.5, 0.6) is 0 Å². The summed E-state index contributed by atoms with van der Waals surface area (Å²) in [6, 6.07) is 32.7. The first-order valence-corrected chi connectivity index (χ1v) is 15.1. The Hall–Kier alpha value is -3.91. The molecule has 5 rings (SSSR count). The molecule has 0 saturated heterocycles. The number of thioether (sulfide) groups is 1. The minimum absolute atomic E-state index is 0.113. The molecule has 41 heavy (non-hydrogen) atoms. The molecule has 8 heteroatoms. The fourth-order valence-corrected chi connectivity index (χ4v) is 6.24. The Morgan fingerprint density at radius 3 is 2.22 bits per heavy atom. The summed E-state index contributed by atoms with van der Waals surface area (Å²) in [4.78, 5) is 32.8. The highest BCUT2D eigenvalue weighted by Crippen LogP contribution is 2.38. The van der Waals surface area contributed by atoms with E-state index in [1.165, 1.54) is 28.7 Å². The maximum absolute atomic E-state index is 13.6. The number of hydrogen-bond acceptors (Lipinski definition) is 5. The number of carbonyl (C=O) groups is 2. The number of amides is 2. The van der Waals surface area contributed by atoms with Gasteiger partial charge in [-0.2, -0.15) is 0 Å². The molecule has 0 bridgehead atoms. The van der Waals surface area contributed by atoms with E-state index in [0.29, 0.717) is 15.8 Å². The zero-order valence-electron chi connectivity index (χ0n) is 22.6. The maximum Gasteiger partial charge on any atom is 0.244 e. The number of carbonyl (C=O) groups excluding carboxylic acids is 2. The van der Waals surface area contributed by atoms with Gasteiger partial charge in [0.2, 0.25) is 11.8 Å². The fraction of sp³-hybridized carbons (Fsp3) is 0.121. The van der Waals surface area contributed by atoms with Crippen molar-refractivity contribution in [2.24, 2.45) is 0 Å². The molecule has 2 amide bonds. The van der Waals surface area contributed by atoms with E-state index in [2.05, 4.69) is 41.8 Å². The van der Waals surface area contributed by atoms with Crippen LogP contribution in [0.4, 0.5) is 10.8 Å². The summed E-state index contributed by atoms with van der Waals surface area (Å²) < 4.78 is 0. The van der Waals surface area contributed by atoms with Crippen molar-refractivity contribution < 1.29 is 9.59 Å². The van der Waals surface area contributed by atoms with Crippen LogP contribution in [0.25, 0.3) is 11.3 Å². The zero-order valence-corrected chi connectivity index (χ0v) is 24.9. The van der Waals surface area contributed by atoms with E-state index < -0.39 is 5.25 Å². The number of halogens is 1. The van der Waals surface area contributed by atoms with E-state index >= 15 is 0 Å². The molecule has 2 N–H and O–H groups in total. The van der Waals surface area contributed by atoms with Gasteiger partial charge in [-0.25, -0.2) is 4.98 Å². The Balaban J connectivity index is 1.28. The molecule has 5 nitrogen and oxygen atoms in total. The summed E-state index contributed by atoms with van der Waals surface area (Å²) in [6.45, 7) is 4.07. The Morgan fingerprint density at radius 1 is 0.854 bits per heavy atom. The number of thiazole rings is 1. The number of rotatable bonds is 9. The van der Waals surface area contributed by atoms with Crippen molar-refractivity contribution in [2.75, 3.05) is 10.6 Å². The second-order valence-electron chi connectivity index (χ2n) is 9.56. The van der Waals surface area contributed by atoms with Crippen molar-refractivity contribution in [1.29, 1.82) is 0 Å². The van der Waals surface area contributed by atoms with Crippen LogP contribution in [-0.4, -0.2) is 16.8 Å². The molecule has 0 fully saturated rings. The Kier molecular flexibility index (Phi) is 9.19. The number of benzene rings is 4. The number of aryl methyl sites for hydroxylation is 2. The molecule has 0 spiro atoms. The minimum atomic E-state index is -0.492. The molecular weight excluding hydrogens is 570 g/mol. The van der Waals surface area contributed by atoms with E-state index in [1.54, 1.807) is 12.1 Å². The molecule has 1 heterocycles. The van der Waals surface area contributed by atoms with Gasteiger partial charge in [-0.05, 0) is 61.4 Å². The second kappa shape index (κ2) is 13.2. The summed E-state index contributed by atoms with van der Waals surface area (Å²) in [5.74, 6) is -0.260. The smallest absolute Gasteiger partial charge is 0.244 e. The van der Waals surface area contributed by atoms with E-state index in [9.17, 15) is 9.59 Å². The van der Waals surface area contributed by atoms with Gasteiger partial charge in [0.1, 0.15) is 5.25 Å². The van der Waals surface area contributed by atoms with Crippen LogP contribution in [0.3, 0.4) is 0 Å². The molecule has 0 aliphatic heterocycles. The lowest BCUT2D eigenvalue weighted by Gasteiger charge is -2.16. The minimum Gasteiger partial charge on any atom is -0.326 e. The molecule has 1 aromatic heterocycles. The molecule has 0 aliphatic rings. The van der Waals surface area contributed by atoms with Gasteiger partial charge in [0.05, 0.1) is 12.1 Å². The number of anilines is 2. The van der Waals surface area contributed by atoms with Gasteiger partial charge >= 0.3 is 0 Å². The average molecular weight is 598 g/mol. The lowest BCUT2D eigenvalue weighted by atomic mass is 10.1. The van der Waals surface area contributed by atoms with Gasteiger partial charge in [-0.1, -0.05) is 83.9 Å². The molecule has 0 radical (unpaired) electrons. The van der Waals surface area contributed by atoms with Crippen LogP contribution in [0.15, 0.2) is 108 Å². The van der Waals surface area contributed by atoms with E-state index in [4.69, 9.17) is 16.6 Å². The fourth-order valence-electron chi connectivity index (χ4n) is 4.25. The summed E-state index contributed by atoms with van der Waals surface area (Å²) in [6.07, 6.45) is 0.256. The lowest BCUT2D eigenvalue weighted by Crippen LogP contribution is -2.19. The van der Waals surface area contributed by atoms with Crippen molar-refractivity contribution in [3.8, 4) is 11.3 Å². The highest BCUT2D eigenvalue weighted by molar-refractivity contribution is 8.00. The van der Waals surface area contributed by atoms with E-state index in [1.807, 2.05) is 73.7 Å². The normalized spacial score (nSPS) is 11.6. The molecular formula is C33H28ClN3O2S2. The maximum atomic E-state index is 13.6. The lowest BCUT2D eigenvalue weighted by molar-refractivity contribution is -0.116. The van der Waals surface area contributed by atoms with E-state index in [0.717, 1.165) is 32.2 Å². The third-order valence-electron chi connectivity index (χ3n) is 6.36. The Bertz CT molecular complexity index is 1640. The molecule has 1 atom stereocenters. The van der Waals surface area contributed by atoms with Crippen molar-refractivity contribution >= 4 is 57.3 Å². The SMILES string of the molecule is Cc1ccc(-c2nc(NC(=O)C(Sc3ccc(NC(=O)Cc4ccc(Cl)cc4)cc3)c3ccccc3)sc2C)cc1. The first-order chi connectivity index (χ1) is 19.8. The van der Waals surface area contributed by atoms with Gasteiger partial charge in [0, 0.05) is 26.0 Å². The third-order valence-corrected chi connectivity index (χ3v) is 8.77. The number of hydrogen-bond donors (Lipinski definition) is 2. The summed E-state index contributed by atoms with van der Waals surface area (Å²) in [7, 11) is 0. The molecule has 0 saturated carbocycles. The molecule has 1 unspecified atom stereocenters. The monoisotopic (exact) mass is 597 g/mol. The molecule has 206 valence electrons. The van der Waals surface area contributed by atoms with Crippen molar-refractivity contribution in [3.63, 3.8) is 0 Å². The summed E-state index contributed by atoms with van der Waals surface area (Å²) in [5.41, 5.74) is 5.56. The average Bonchev–Trinajstić information content (AvgIpc) is 3.34. The number of aromatic nitrogens is 1. The van der Waals surface area contributed by atoms with Gasteiger partial charge in [0.25, 0.3) is 0 Å². The van der Waals surface area contributed by atoms with E-state index in [-0.39, 0.29) is 18.2 Å². The standard InChI is InChI=1S/C33H28ClN3O2S2/c1-21-8-12-24(13-9-21)30-22(2)40-33(36-30)37-32(39)31(25-6-4-3-5-7-25)41-28-18-16-27(17-19-28)35-29(38)20-23-10-14-26(34)15-11-23/h3-19,31H,20H2,1-2H3,(H,35,38)(H,36,37,39). The van der Waals surface area contributed by atoms with Gasteiger partial charge in [0.15, 0.2) is 5.13 Å². The number of nitrogens with one attached hydrogen (secondary N) is 2. The van der Waals surface area contributed by atoms with Crippen molar-refractivity contribution in [1.82, 2.24) is 4.98 Å².